The van der Waals surface area contributed by atoms with Gasteiger partial charge in [-0.1, -0.05) is 30.1 Å². The molecule has 138 valence electrons. The van der Waals surface area contributed by atoms with Gasteiger partial charge in [0.1, 0.15) is 0 Å². The maximum absolute atomic E-state index is 12.9. The van der Waals surface area contributed by atoms with Crippen molar-refractivity contribution < 1.29 is 13.2 Å². The predicted octanol–water partition coefficient (Wildman–Crippen LogP) is 4.15. The van der Waals surface area contributed by atoms with E-state index in [0.717, 1.165) is 0 Å². The third-order valence-electron chi connectivity index (χ3n) is 3.66. The summed E-state index contributed by atoms with van der Waals surface area (Å²) in [6.45, 7) is 1.79. The van der Waals surface area contributed by atoms with E-state index in [0.29, 0.717) is 39.7 Å². The maximum Gasteiger partial charge on any atom is 0.242 e. The van der Waals surface area contributed by atoms with E-state index >= 15 is 0 Å². The van der Waals surface area contributed by atoms with Crippen molar-refractivity contribution in [2.24, 2.45) is 0 Å². The summed E-state index contributed by atoms with van der Waals surface area (Å²) in [5.74, 6) is 0.274. The molecule has 0 bridgehead atoms. The molecule has 0 atom stereocenters. The fourth-order valence-corrected chi connectivity index (χ4v) is 4.70. The van der Waals surface area contributed by atoms with E-state index in [1.807, 2.05) is 0 Å². The molecular weight excluding hydrogens is 399 g/mol. The highest BCUT2D eigenvalue weighted by atomic mass is 35.5. The molecule has 3 aromatic rings. The number of halogens is 2. The number of nitrogens with zero attached hydrogens (tertiary/aromatic N) is 3. The molecule has 1 aromatic carbocycles. The normalized spacial score (nSPS) is 11.7. The van der Waals surface area contributed by atoms with Gasteiger partial charge in [-0.15, -0.1) is 5.10 Å². The molecule has 1 N–H and O–H groups in total. The summed E-state index contributed by atoms with van der Waals surface area (Å²) < 4.78 is 32.3. The van der Waals surface area contributed by atoms with E-state index in [1.54, 1.807) is 25.1 Å². The lowest BCUT2D eigenvalue weighted by atomic mass is 10.2. The Hall–Kier alpha value is -2.03. The van der Waals surface area contributed by atoms with Gasteiger partial charge in [0.05, 0.1) is 40.8 Å². The molecule has 2 heterocycles. The largest absolute Gasteiger partial charge is 0.479 e. The zero-order valence-corrected chi connectivity index (χ0v) is 16.4. The SMILES string of the molecule is CCCS(=O)(=O)N(c1cnc2[nH]nc(OC)c2c1)c1ccc(Cl)cc1Cl. The Morgan fingerprint density at radius 3 is 2.69 bits per heavy atom. The molecular formula is C16H16Cl2N4O3S. The highest BCUT2D eigenvalue weighted by molar-refractivity contribution is 7.93. The molecule has 0 aliphatic rings. The number of benzene rings is 1. The minimum absolute atomic E-state index is 0.0491. The van der Waals surface area contributed by atoms with Gasteiger partial charge in [0, 0.05) is 5.02 Å². The first-order valence-electron chi connectivity index (χ1n) is 7.73. The van der Waals surface area contributed by atoms with Crippen molar-refractivity contribution in [3.63, 3.8) is 0 Å². The topological polar surface area (TPSA) is 88.2 Å². The third kappa shape index (κ3) is 3.44. The van der Waals surface area contributed by atoms with Gasteiger partial charge in [0.2, 0.25) is 15.9 Å². The summed E-state index contributed by atoms with van der Waals surface area (Å²) in [7, 11) is -2.21. The fraction of sp³-hybridized carbons (Fsp3) is 0.250. The van der Waals surface area contributed by atoms with Crippen molar-refractivity contribution in [1.29, 1.82) is 0 Å². The van der Waals surface area contributed by atoms with Crippen molar-refractivity contribution in [2.75, 3.05) is 17.2 Å². The van der Waals surface area contributed by atoms with Gasteiger partial charge >= 0.3 is 0 Å². The zero-order chi connectivity index (χ0) is 18.9. The Labute approximate surface area is 160 Å². The number of ether oxygens (including phenoxy) is 1. The number of pyridine rings is 1. The van der Waals surface area contributed by atoms with Gasteiger partial charge in [-0.2, -0.15) is 0 Å². The van der Waals surface area contributed by atoms with E-state index in [2.05, 4.69) is 15.2 Å². The van der Waals surface area contributed by atoms with E-state index in [9.17, 15) is 8.42 Å². The molecule has 3 rings (SSSR count). The Bertz CT molecular complexity index is 1050. The van der Waals surface area contributed by atoms with E-state index in [4.69, 9.17) is 27.9 Å². The number of hydrogen-bond acceptors (Lipinski definition) is 5. The second-order valence-corrected chi connectivity index (χ2v) is 8.28. The number of H-pyrrole nitrogens is 1. The summed E-state index contributed by atoms with van der Waals surface area (Å²) in [6, 6.07) is 6.29. The van der Waals surface area contributed by atoms with Crippen molar-refractivity contribution in [2.45, 2.75) is 13.3 Å². The summed E-state index contributed by atoms with van der Waals surface area (Å²) in [5, 5.41) is 7.92. The van der Waals surface area contributed by atoms with E-state index < -0.39 is 10.0 Å². The van der Waals surface area contributed by atoms with Crippen molar-refractivity contribution in [3.8, 4) is 5.88 Å². The average molecular weight is 415 g/mol. The molecule has 26 heavy (non-hydrogen) atoms. The second-order valence-electron chi connectivity index (χ2n) is 5.50. The quantitative estimate of drug-likeness (QED) is 0.654. The lowest BCUT2D eigenvalue weighted by Crippen LogP contribution is -2.28. The van der Waals surface area contributed by atoms with Crippen LogP contribution < -0.4 is 9.04 Å². The van der Waals surface area contributed by atoms with Crippen LogP contribution in [0.25, 0.3) is 11.0 Å². The number of methoxy groups -OCH3 is 1. The van der Waals surface area contributed by atoms with Gasteiger partial charge in [0.15, 0.2) is 5.65 Å². The Balaban J connectivity index is 2.23. The van der Waals surface area contributed by atoms with Crippen LogP contribution in [0.4, 0.5) is 11.4 Å². The first-order chi connectivity index (χ1) is 12.4. The van der Waals surface area contributed by atoms with Gasteiger partial charge in [-0.3, -0.25) is 5.10 Å². The Kier molecular flexibility index (Phi) is 5.27. The van der Waals surface area contributed by atoms with Gasteiger partial charge in [-0.05, 0) is 30.7 Å². The van der Waals surface area contributed by atoms with E-state index in [1.165, 1.54) is 23.7 Å². The number of rotatable bonds is 6. The maximum atomic E-state index is 12.9. The molecule has 0 radical (unpaired) electrons. The summed E-state index contributed by atoms with van der Waals surface area (Å²) in [5.41, 5.74) is 1.11. The zero-order valence-electron chi connectivity index (χ0n) is 14.0. The smallest absolute Gasteiger partial charge is 0.242 e. The molecule has 0 saturated carbocycles. The summed E-state index contributed by atoms with van der Waals surface area (Å²) >= 11 is 12.2. The van der Waals surface area contributed by atoms with Crippen LogP contribution in [0.1, 0.15) is 13.3 Å². The first-order valence-corrected chi connectivity index (χ1v) is 10.1. The minimum Gasteiger partial charge on any atom is -0.479 e. The van der Waals surface area contributed by atoms with E-state index in [-0.39, 0.29) is 10.8 Å². The Morgan fingerprint density at radius 1 is 1.27 bits per heavy atom. The second kappa shape index (κ2) is 7.30. The lowest BCUT2D eigenvalue weighted by Gasteiger charge is -2.25. The molecule has 0 saturated heterocycles. The molecule has 0 fully saturated rings. The van der Waals surface area contributed by atoms with Crippen LogP contribution in [0, 0.1) is 0 Å². The van der Waals surface area contributed by atoms with Crippen molar-refractivity contribution in [1.82, 2.24) is 15.2 Å². The van der Waals surface area contributed by atoms with Crippen LogP contribution in [0.15, 0.2) is 30.5 Å². The van der Waals surface area contributed by atoms with Crippen LogP contribution >= 0.6 is 23.2 Å². The monoisotopic (exact) mass is 414 g/mol. The minimum atomic E-state index is -3.69. The van der Waals surface area contributed by atoms with Crippen LogP contribution in [0.2, 0.25) is 10.0 Å². The average Bonchev–Trinajstić information content (AvgIpc) is 2.99. The van der Waals surface area contributed by atoms with Gasteiger partial charge in [-0.25, -0.2) is 17.7 Å². The third-order valence-corrected chi connectivity index (χ3v) is 6.09. The van der Waals surface area contributed by atoms with Crippen LogP contribution in [0.5, 0.6) is 5.88 Å². The van der Waals surface area contributed by atoms with Crippen LogP contribution in [-0.2, 0) is 10.0 Å². The molecule has 0 unspecified atom stereocenters. The molecule has 0 aliphatic heterocycles. The number of nitrogens with one attached hydrogen (secondary N) is 1. The van der Waals surface area contributed by atoms with Gasteiger partial charge in [0.25, 0.3) is 0 Å². The Morgan fingerprint density at radius 2 is 2.04 bits per heavy atom. The molecule has 0 aliphatic carbocycles. The molecule has 10 heteroatoms. The number of hydrogen-bond donors (Lipinski definition) is 1. The van der Waals surface area contributed by atoms with Crippen LogP contribution in [0.3, 0.4) is 0 Å². The predicted molar refractivity (Wildman–Crippen MR) is 103 cm³/mol. The fourth-order valence-electron chi connectivity index (χ4n) is 2.58. The number of aromatic nitrogens is 3. The number of anilines is 2. The standard InChI is InChI=1S/C16H16Cl2N4O3S/c1-3-6-26(23,24)22(14-5-4-10(17)7-13(14)18)11-8-12-15(19-9-11)20-21-16(12)25-2/h4-5,7-9H,3,6H2,1-2H3,(H,19,20,21). The first kappa shape index (κ1) is 18.8. The van der Waals surface area contributed by atoms with Crippen molar-refractivity contribution in [3.05, 3.63) is 40.5 Å². The molecule has 0 spiro atoms. The highest BCUT2D eigenvalue weighted by Crippen LogP contribution is 2.37. The summed E-state index contributed by atoms with van der Waals surface area (Å²) in [6.07, 6.45) is 1.90. The highest BCUT2D eigenvalue weighted by Gasteiger charge is 2.27. The molecule has 0 amide bonds. The van der Waals surface area contributed by atoms with Crippen LogP contribution in [-0.4, -0.2) is 36.5 Å². The van der Waals surface area contributed by atoms with Crippen molar-refractivity contribution >= 4 is 55.6 Å². The summed E-state index contributed by atoms with van der Waals surface area (Å²) in [4.78, 5) is 4.24. The molecule has 2 aromatic heterocycles. The molecule has 7 nitrogen and oxygen atoms in total. The van der Waals surface area contributed by atoms with Gasteiger partial charge < -0.3 is 4.74 Å². The number of sulfonamides is 1. The number of fused-ring (bicyclic) bond motifs is 1. The number of aromatic amines is 1. The lowest BCUT2D eigenvalue weighted by molar-refractivity contribution is 0.401.